The molecule has 8 heteroatoms. The SMILES string of the molecule is NNC(c1ccc(Cl)cn1)c1cnccc1C(F)(F)F. The van der Waals surface area contributed by atoms with E-state index in [9.17, 15) is 13.2 Å². The number of nitrogens with zero attached hydrogens (tertiary/aromatic N) is 2. The number of rotatable bonds is 3. The Morgan fingerprint density at radius 3 is 2.50 bits per heavy atom. The minimum absolute atomic E-state index is 0.0997. The zero-order chi connectivity index (χ0) is 14.8. The smallest absolute Gasteiger partial charge is 0.271 e. The number of nitrogens with two attached hydrogens (primary N) is 1. The fourth-order valence-corrected chi connectivity index (χ4v) is 1.90. The highest BCUT2D eigenvalue weighted by Gasteiger charge is 2.35. The molecule has 0 amide bonds. The van der Waals surface area contributed by atoms with Gasteiger partial charge < -0.3 is 0 Å². The van der Waals surface area contributed by atoms with Crippen LogP contribution in [0.15, 0.2) is 36.8 Å². The number of hydrogen-bond acceptors (Lipinski definition) is 4. The maximum atomic E-state index is 13.0. The van der Waals surface area contributed by atoms with Crippen LogP contribution in [0.5, 0.6) is 0 Å². The van der Waals surface area contributed by atoms with Crippen molar-refractivity contribution in [2.45, 2.75) is 12.2 Å². The number of nitrogens with one attached hydrogen (secondary N) is 1. The van der Waals surface area contributed by atoms with Crippen LogP contribution in [-0.2, 0) is 6.18 Å². The second-order valence-corrected chi connectivity index (χ2v) is 4.40. The summed E-state index contributed by atoms with van der Waals surface area (Å²) in [5.41, 5.74) is 1.72. The topological polar surface area (TPSA) is 63.8 Å². The molecule has 0 aliphatic carbocycles. The molecule has 2 heterocycles. The van der Waals surface area contributed by atoms with Crippen LogP contribution in [-0.4, -0.2) is 9.97 Å². The second kappa shape index (κ2) is 5.74. The van der Waals surface area contributed by atoms with Crippen molar-refractivity contribution >= 4 is 11.6 Å². The molecule has 20 heavy (non-hydrogen) atoms. The van der Waals surface area contributed by atoms with Crippen molar-refractivity contribution in [1.29, 1.82) is 0 Å². The summed E-state index contributed by atoms with van der Waals surface area (Å²) in [5, 5.41) is 0.381. The predicted octanol–water partition coefficient (Wildman–Crippen LogP) is 2.70. The first-order valence-electron chi connectivity index (χ1n) is 5.52. The van der Waals surface area contributed by atoms with Crippen molar-refractivity contribution in [2.24, 2.45) is 5.84 Å². The summed E-state index contributed by atoms with van der Waals surface area (Å²) in [6.07, 6.45) is -0.969. The van der Waals surface area contributed by atoms with Crippen LogP contribution in [0.1, 0.15) is 22.9 Å². The number of alkyl halides is 3. The second-order valence-electron chi connectivity index (χ2n) is 3.96. The molecule has 3 N–H and O–H groups in total. The Morgan fingerprint density at radius 1 is 1.20 bits per heavy atom. The molecule has 0 saturated heterocycles. The molecular formula is C12H10ClF3N4. The van der Waals surface area contributed by atoms with Crippen LogP contribution in [0.2, 0.25) is 5.02 Å². The number of pyridine rings is 2. The number of hydrogen-bond donors (Lipinski definition) is 2. The van der Waals surface area contributed by atoms with E-state index in [0.29, 0.717) is 10.7 Å². The highest BCUT2D eigenvalue weighted by Crippen LogP contribution is 2.35. The van der Waals surface area contributed by atoms with Gasteiger partial charge in [0.2, 0.25) is 0 Å². The Bertz CT molecular complexity index is 586. The van der Waals surface area contributed by atoms with E-state index in [1.54, 1.807) is 0 Å². The highest BCUT2D eigenvalue weighted by molar-refractivity contribution is 6.30. The van der Waals surface area contributed by atoms with Gasteiger partial charge in [0, 0.05) is 24.2 Å². The van der Waals surface area contributed by atoms with Crippen molar-refractivity contribution < 1.29 is 13.2 Å². The Morgan fingerprint density at radius 2 is 1.95 bits per heavy atom. The molecule has 1 unspecified atom stereocenters. The van der Waals surface area contributed by atoms with Gasteiger partial charge in [0.1, 0.15) is 0 Å². The summed E-state index contributed by atoms with van der Waals surface area (Å²) in [6.45, 7) is 0. The van der Waals surface area contributed by atoms with Gasteiger partial charge in [-0.1, -0.05) is 11.6 Å². The summed E-state index contributed by atoms with van der Waals surface area (Å²) in [4.78, 5) is 7.70. The average molecular weight is 303 g/mol. The lowest BCUT2D eigenvalue weighted by atomic mass is 10.00. The fourth-order valence-electron chi connectivity index (χ4n) is 1.79. The van der Waals surface area contributed by atoms with Crippen LogP contribution in [0, 0.1) is 0 Å². The van der Waals surface area contributed by atoms with Crippen LogP contribution in [0.25, 0.3) is 0 Å². The first-order chi connectivity index (χ1) is 9.43. The van der Waals surface area contributed by atoms with E-state index in [1.165, 1.54) is 18.3 Å². The molecule has 0 spiro atoms. The van der Waals surface area contributed by atoms with Crippen molar-refractivity contribution in [3.8, 4) is 0 Å². The summed E-state index contributed by atoms with van der Waals surface area (Å²) in [5.74, 6) is 5.37. The van der Waals surface area contributed by atoms with Gasteiger partial charge in [-0.3, -0.25) is 15.8 Å². The minimum atomic E-state index is -4.50. The molecular weight excluding hydrogens is 293 g/mol. The highest BCUT2D eigenvalue weighted by atomic mass is 35.5. The number of hydrazine groups is 1. The summed E-state index contributed by atoms with van der Waals surface area (Å²) in [7, 11) is 0. The Kier molecular flexibility index (Phi) is 4.22. The first-order valence-corrected chi connectivity index (χ1v) is 5.90. The molecule has 0 radical (unpaired) electrons. The van der Waals surface area contributed by atoms with Crippen LogP contribution in [0.3, 0.4) is 0 Å². The maximum Gasteiger partial charge on any atom is 0.416 e. The normalized spacial score (nSPS) is 13.2. The third kappa shape index (κ3) is 3.06. The van der Waals surface area contributed by atoms with Crippen molar-refractivity contribution in [1.82, 2.24) is 15.4 Å². The van der Waals surface area contributed by atoms with Gasteiger partial charge in [-0.2, -0.15) is 13.2 Å². The lowest BCUT2D eigenvalue weighted by Crippen LogP contribution is -2.31. The minimum Gasteiger partial charge on any atom is -0.271 e. The van der Waals surface area contributed by atoms with Crippen molar-refractivity contribution in [2.75, 3.05) is 0 Å². The first kappa shape index (κ1) is 14.7. The Hall–Kier alpha value is -1.70. The van der Waals surface area contributed by atoms with Crippen LogP contribution < -0.4 is 11.3 Å². The molecule has 2 rings (SSSR count). The molecule has 1 atom stereocenters. The Labute approximate surface area is 117 Å². The fraction of sp³-hybridized carbons (Fsp3) is 0.167. The van der Waals surface area contributed by atoms with Gasteiger partial charge in [-0.25, -0.2) is 5.43 Å². The molecule has 0 saturated carbocycles. The standard InChI is InChI=1S/C12H10ClF3N4/c13-7-1-2-10(19-5-7)11(20-17)8-6-18-4-3-9(8)12(14,15)16/h1-6,11,20H,17H2. The summed E-state index contributed by atoms with van der Waals surface area (Å²) < 4.78 is 39.0. The third-order valence-corrected chi connectivity index (χ3v) is 2.90. The molecule has 2 aromatic rings. The molecule has 0 bridgehead atoms. The van der Waals surface area contributed by atoms with E-state index in [-0.39, 0.29) is 5.56 Å². The van der Waals surface area contributed by atoms with E-state index >= 15 is 0 Å². The van der Waals surface area contributed by atoms with Gasteiger partial charge in [-0.15, -0.1) is 0 Å². The van der Waals surface area contributed by atoms with Gasteiger partial charge >= 0.3 is 6.18 Å². The molecule has 0 aliphatic heterocycles. The number of halogens is 4. The van der Waals surface area contributed by atoms with Crippen LogP contribution >= 0.6 is 11.6 Å². The molecule has 4 nitrogen and oxygen atoms in total. The van der Waals surface area contributed by atoms with E-state index in [1.807, 2.05) is 0 Å². The predicted molar refractivity (Wildman–Crippen MR) is 67.7 cm³/mol. The van der Waals surface area contributed by atoms with Crippen molar-refractivity contribution in [3.63, 3.8) is 0 Å². The molecule has 0 aromatic carbocycles. The lowest BCUT2D eigenvalue weighted by Gasteiger charge is -2.20. The quantitative estimate of drug-likeness (QED) is 0.676. The largest absolute Gasteiger partial charge is 0.416 e. The molecule has 106 valence electrons. The van der Waals surface area contributed by atoms with Gasteiger partial charge in [-0.05, 0) is 18.2 Å². The van der Waals surface area contributed by atoms with E-state index in [2.05, 4.69) is 15.4 Å². The molecule has 0 fully saturated rings. The molecule has 0 aliphatic rings. The van der Waals surface area contributed by atoms with Crippen LogP contribution in [0.4, 0.5) is 13.2 Å². The van der Waals surface area contributed by atoms with E-state index in [4.69, 9.17) is 17.4 Å². The third-order valence-electron chi connectivity index (χ3n) is 2.68. The van der Waals surface area contributed by atoms with Crippen molar-refractivity contribution in [3.05, 3.63) is 58.6 Å². The van der Waals surface area contributed by atoms with Gasteiger partial charge in [0.15, 0.2) is 0 Å². The van der Waals surface area contributed by atoms with E-state index in [0.717, 1.165) is 18.5 Å². The number of aromatic nitrogens is 2. The van der Waals surface area contributed by atoms with Gasteiger partial charge in [0.05, 0.1) is 22.3 Å². The average Bonchev–Trinajstić information content (AvgIpc) is 2.41. The summed E-state index contributed by atoms with van der Waals surface area (Å²) >= 11 is 5.70. The maximum absolute atomic E-state index is 13.0. The zero-order valence-electron chi connectivity index (χ0n) is 10.0. The monoisotopic (exact) mass is 302 g/mol. The Balaban J connectivity index is 2.50. The lowest BCUT2D eigenvalue weighted by molar-refractivity contribution is -0.138. The van der Waals surface area contributed by atoms with E-state index < -0.39 is 17.8 Å². The zero-order valence-corrected chi connectivity index (χ0v) is 10.8. The van der Waals surface area contributed by atoms with Gasteiger partial charge in [0.25, 0.3) is 0 Å². The summed E-state index contributed by atoms with van der Waals surface area (Å²) in [6, 6.07) is 2.99. The molecule has 2 aromatic heterocycles.